The molecule has 4 nitrogen and oxygen atoms in total. The molecule has 0 spiro atoms. The van der Waals surface area contributed by atoms with Gasteiger partial charge in [-0.25, -0.2) is 0 Å². The summed E-state index contributed by atoms with van der Waals surface area (Å²) in [4.78, 5) is 23.6. The topological polar surface area (TPSA) is 46.6 Å². The highest BCUT2D eigenvalue weighted by Gasteiger charge is 2.35. The Labute approximate surface area is 96.7 Å². The lowest BCUT2D eigenvalue weighted by Crippen LogP contribution is -2.41. The Bertz CT molecular complexity index is 296. The van der Waals surface area contributed by atoms with E-state index in [2.05, 4.69) is 4.74 Å². The van der Waals surface area contributed by atoms with Crippen molar-refractivity contribution < 1.29 is 27.5 Å². The second-order valence-corrected chi connectivity index (χ2v) is 3.97. The SMILES string of the molecule is COC(=O)C1CCN(C(=O)CC(F)(F)F)CC1. The summed E-state index contributed by atoms with van der Waals surface area (Å²) in [5.41, 5.74) is 0. The first kappa shape index (κ1) is 13.8. The van der Waals surface area contributed by atoms with E-state index < -0.39 is 18.5 Å². The lowest BCUT2D eigenvalue weighted by atomic mass is 9.97. The van der Waals surface area contributed by atoms with E-state index in [0.29, 0.717) is 12.8 Å². The van der Waals surface area contributed by atoms with E-state index in [1.54, 1.807) is 0 Å². The van der Waals surface area contributed by atoms with Gasteiger partial charge in [0.1, 0.15) is 6.42 Å². The molecule has 1 fully saturated rings. The molecular formula is C10H14F3NO3. The summed E-state index contributed by atoms with van der Waals surface area (Å²) in [6.45, 7) is 0.351. The van der Waals surface area contributed by atoms with Crippen LogP contribution in [0.25, 0.3) is 0 Å². The number of hydrogen-bond donors (Lipinski definition) is 0. The van der Waals surface area contributed by atoms with E-state index in [4.69, 9.17) is 0 Å². The standard InChI is InChI=1S/C10H14F3NO3/c1-17-9(16)7-2-4-14(5-3-7)8(15)6-10(11,12)13/h7H,2-6H2,1H3. The fourth-order valence-electron chi connectivity index (χ4n) is 1.81. The zero-order valence-electron chi connectivity index (χ0n) is 9.42. The van der Waals surface area contributed by atoms with Gasteiger partial charge in [0.05, 0.1) is 13.0 Å². The minimum atomic E-state index is -4.48. The van der Waals surface area contributed by atoms with Crippen LogP contribution in [0.2, 0.25) is 0 Å². The Morgan fingerprint density at radius 2 is 1.82 bits per heavy atom. The lowest BCUT2D eigenvalue weighted by Gasteiger charge is -2.30. The Morgan fingerprint density at radius 1 is 1.29 bits per heavy atom. The van der Waals surface area contributed by atoms with Gasteiger partial charge in [0.2, 0.25) is 5.91 Å². The second kappa shape index (κ2) is 5.37. The first-order valence-corrected chi connectivity index (χ1v) is 5.26. The first-order chi connectivity index (χ1) is 7.83. The number of methoxy groups -OCH3 is 1. The van der Waals surface area contributed by atoms with Gasteiger partial charge in [-0.3, -0.25) is 9.59 Å². The summed E-state index contributed by atoms with van der Waals surface area (Å²) < 4.78 is 40.5. The molecule has 1 saturated heterocycles. The normalized spacial score (nSPS) is 18.0. The fraction of sp³-hybridized carbons (Fsp3) is 0.800. The Balaban J connectivity index is 2.42. The molecule has 0 atom stereocenters. The van der Waals surface area contributed by atoms with Crippen molar-refractivity contribution in [3.8, 4) is 0 Å². The molecule has 0 aromatic carbocycles. The van der Waals surface area contributed by atoms with Gasteiger partial charge in [-0.15, -0.1) is 0 Å². The summed E-state index contributed by atoms with van der Waals surface area (Å²) in [6.07, 6.45) is -5.20. The van der Waals surface area contributed by atoms with Gasteiger partial charge in [-0.2, -0.15) is 13.2 Å². The molecule has 0 bridgehead atoms. The highest BCUT2D eigenvalue weighted by Crippen LogP contribution is 2.24. The molecule has 1 rings (SSSR count). The number of hydrogen-bond acceptors (Lipinski definition) is 3. The molecule has 1 heterocycles. The highest BCUT2D eigenvalue weighted by atomic mass is 19.4. The third kappa shape index (κ3) is 4.24. The van der Waals surface area contributed by atoms with Crippen molar-refractivity contribution in [3.63, 3.8) is 0 Å². The van der Waals surface area contributed by atoms with Crippen LogP contribution in [0.15, 0.2) is 0 Å². The fourth-order valence-corrected chi connectivity index (χ4v) is 1.81. The van der Waals surface area contributed by atoms with Crippen molar-refractivity contribution in [1.82, 2.24) is 4.90 Å². The maximum absolute atomic E-state index is 12.0. The van der Waals surface area contributed by atoms with Crippen LogP contribution >= 0.6 is 0 Å². The van der Waals surface area contributed by atoms with Gasteiger partial charge < -0.3 is 9.64 Å². The molecule has 0 N–H and O–H groups in total. The van der Waals surface area contributed by atoms with Crippen molar-refractivity contribution in [3.05, 3.63) is 0 Å². The summed E-state index contributed by atoms with van der Waals surface area (Å²) in [6, 6.07) is 0. The quantitative estimate of drug-likeness (QED) is 0.698. The van der Waals surface area contributed by atoms with Gasteiger partial charge in [-0.1, -0.05) is 0 Å². The number of rotatable bonds is 2. The zero-order chi connectivity index (χ0) is 13.1. The number of esters is 1. The molecule has 0 unspecified atom stereocenters. The van der Waals surface area contributed by atoms with E-state index in [0.717, 1.165) is 4.90 Å². The molecular weight excluding hydrogens is 239 g/mol. The van der Waals surface area contributed by atoms with Crippen LogP contribution in [-0.2, 0) is 14.3 Å². The largest absolute Gasteiger partial charge is 0.469 e. The summed E-state index contributed by atoms with van der Waals surface area (Å²) in [5, 5.41) is 0. The van der Waals surface area contributed by atoms with E-state index in [1.807, 2.05) is 0 Å². The molecule has 0 aliphatic carbocycles. The van der Waals surface area contributed by atoms with E-state index in [1.165, 1.54) is 7.11 Å². The molecule has 98 valence electrons. The van der Waals surface area contributed by atoms with E-state index in [-0.39, 0.29) is 25.0 Å². The second-order valence-electron chi connectivity index (χ2n) is 3.97. The van der Waals surface area contributed by atoms with Gasteiger partial charge >= 0.3 is 12.1 Å². The number of carbonyl (C=O) groups is 2. The zero-order valence-corrected chi connectivity index (χ0v) is 9.42. The number of piperidine rings is 1. The van der Waals surface area contributed by atoms with Crippen LogP contribution in [0, 0.1) is 5.92 Å². The third-order valence-electron chi connectivity index (χ3n) is 2.73. The van der Waals surface area contributed by atoms with Gasteiger partial charge in [0, 0.05) is 13.1 Å². The Hall–Kier alpha value is -1.27. The van der Waals surface area contributed by atoms with Gasteiger partial charge in [0.25, 0.3) is 0 Å². The summed E-state index contributed by atoms with van der Waals surface area (Å²) in [7, 11) is 1.27. The lowest BCUT2D eigenvalue weighted by molar-refractivity contribution is -0.164. The smallest absolute Gasteiger partial charge is 0.397 e. The minimum Gasteiger partial charge on any atom is -0.469 e. The van der Waals surface area contributed by atoms with Crippen LogP contribution in [0.3, 0.4) is 0 Å². The maximum Gasteiger partial charge on any atom is 0.397 e. The maximum atomic E-state index is 12.0. The average molecular weight is 253 g/mol. The number of nitrogens with zero attached hydrogens (tertiary/aromatic N) is 1. The minimum absolute atomic E-state index is 0.175. The van der Waals surface area contributed by atoms with E-state index in [9.17, 15) is 22.8 Å². The number of amides is 1. The molecule has 17 heavy (non-hydrogen) atoms. The highest BCUT2D eigenvalue weighted by molar-refractivity contribution is 5.77. The number of likely N-dealkylation sites (tertiary alicyclic amines) is 1. The van der Waals surface area contributed by atoms with Crippen molar-refractivity contribution in [1.29, 1.82) is 0 Å². The van der Waals surface area contributed by atoms with Crippen molar-refractivity contribution in [2.75, 3.05) is 20.2 Å². The average Bonchev–Trinajstić information content (AvgIpc) is 2.26. The van der Waals surface area contributed by atoms with Crippen LogP contribution in [0.5, 0.6) is 0 Å². The van der Waals surface area contributed by atoms with Gasteiger partial charge in [0.15, 0.2) is 0 Å². The third-order valence-corrected chi connectivity index (χ3v) is 2.73. The van der Waals surface area contributed by atoms with Crippen molar-refractivity contribution in [2.45, 2.75) is 25.4 Å². The Kier molecular flexibility index (Phi) is 4.36. The predicted molar refractivity (Wildman–Crippen MR) is 52.0 cm³/mol. The van der Waals surface area contributed by atoms with Crippen LogP contribution < -0.4 is 0 Å². The predicted octanol–water partition coefficient (Wildman–Crippen LogP) is 1.35. The van der Waals surface area contributed by atoms with Crippen molar-refractivity contribution in [2.24, 2.45) is 5.92 Å². The van der Waals surface area contributed by atoms with Crippen LogP contribution in [-0.4, -0.2) is 43.2 Å². The molecule has 1 amide bonds. The van der Waals surface area contributed by atoms with E-state index >= 15 is 0 Å². The molecule has 0 radical (unpaired) electrons. The molecule has 7 heteroatoms. The first-order valence-electron chi connectivity index (χ1n) is 5.26. The molecule has 0 aromatic heterocycles. The van der Waals surface area contributed by atoms with Crippen LogP contribution in [0.1, 0.15) is 19.3 Å². The Morgan fingerprint density at radius 3 is 2.24 bits per heavy atom. The summed E-state index contributed by atoms with van der Waals surface area (Å²) >= 11 is 0. The molecule has 1 aliphatic heterocycles. The molecule has 1 aliphatic rings. The molecule has 0 saturated carbocycles. The number of halogens is 3. The number of ether oxygens (including phenoxy) is 1. The number of carbonyl (C=O) groups excluding carboxylic acids is 2. The van der Waals surface area contributed by atoms with Gasteiger partial charge in [-0.05, 0) is 12.8 Å². The molecule has 0 aromatic rings. The monoisotopic (exact) mass is 253 g/mol. The number of alkyl halides is 3. The van der Waals surface area contributed by atoms with Crippen molar-refractivity contribution >= 4 is 11.9 Å². The van der Waals surface area contributed by atoms with Crippen LogP contribution in [0.4, 0.5) is 13.2 Å². The summed E-state index contributed by atoms with van der Waals surface area (Å²) in [5.74, 6) is -1.61.